The molecule has 0 aromatic carbocycles. The maximum atomic E-state index is 11.6. The van der Waals surface area contributed by atoms with Crippen molar-refractivity contribution >= 4 is 39.5 Å². The van der Waals surface area contributed by atoms with Crippen molar-refractivity contribution in [1.82, 2.24) is 9.80 Å². The highest BCUT2D eigenvalue weighted by Crippen LogP contribution is 2.39. The van der Waals surface area contributed by atoms with Gasteiger partial charge in [-0.15, -0.1) is 0 Å². The van der Waals surface area contributed by atoms with E-state index in [0.29, 0.717) is 0 Å². The second-order valence-electron chi connectivity index (χ2n) is 5.90. The predicted octanol–water partition coefficient (Wildman–Crippen LogP) is 3.38. The largest absolute Gasteiger partial charge is 0.379 e. The number of carbonyl (C=O) groups is 1. The normalized spacial score (nSPS) is 22.9. The minimum Gasteiger partial charge on any atom is -0.379 e. The number of unbranched alkanes of at least 4 members (excludes halogenated alkanes) is 2. The molecule has 4 nitrogen and oxygen atoms in total. The summed E-state index contributed by atoms with van der Waals surface area (Å²) < 4.78 is 5.35. The van der Waals surface area contributed by atoms with E-state index in [9.17, 15) is 4.79 Å². The summed E-state index contributed by atoms with van der Waals surface area (Å²) in [5.41, 5.74) is 0. The van der Waals surface area contributed by atoms with E-state index in [1.54, 1.807) is 0 Å². The molecule has 0 aliphatic carbocycles. The fourth-order valence-electron chi connectivity index (χ4n) is 2.81. The van der Waals surface area contributed by atoms with Crippen molar-refractivity contribution in [1.29, 1.82) is 0 Å². The van der Waals surface area contributed by atoms with Gasteiger partial charge in [0.15, 0.2) is 0 Å². The summed E-state index contributed by atoms with van der Waals surface area (Å²) in [5.74, 6) is 1.32. The molecule has 0 aromatic rings. The van der Waals surface area contributed by atoms with Crippen LogP contribution in [-0.2, 0) is 4.74 Å². The van der Waals surface area contributed by atoms with Gasteiger partial charge in [-0.3, -0.25) is 9.69 Å². The maximum absolute atomic E-state index is 11.6. The van der Waals surface area contributed by atoms with Crippen molar-refractivity contribution in [3.8, 4) is 0 Å². The molecule has 2 aliphatic rings. The van der Waals surface area contributed by atoms with Gasteiger partial charge in [0.05, 0.1) is 13.2 Å². The summed E-state index contributed by atoms with van der Waals surface area (Å²) in [4.78, 5) is 15.9. The lowest BCUT2D eigenvalue weighted by molar-refractivity contribution is 0.0353. The van der Waals surface area contributed by atoms with Crippen LogP contribution >= 0.6 is 34.2 Å². The molecular formula is C15H28N2O2S3. The first-order chi connectivity index (χ1) is 10.8. The zero-order valence-corrected chi connectivity index (χ0v) is 15.8. The van der Waals surface area contributed by atoms with Crippen LogP contribution in [0, 0.1) is 0 Å². The van der Waals surface area contributed by atoms with Crippen molar-refractivity contribution in [2.45, 2.75) is 37.4 Å². The summed E-state index contributed by atoms with van der Waals surface area (Å²) in [6, 6.07) is 0. The molecule has 2 aliphatic heterocycles. The summed E-state index contributed by atoms with van der Waals surface area (Å²) in [5, 5.41) is 0.782. The highest BCUT2D eigenvalue weighted by molar-refractivity contribution is 8.77. The van der Waals surface area contributed by atoms with Gasteiger partial charge in [0, 0.05) is 43.7 Å². The molecule has 0 radical (unpaired) electrons. The topological polar surface area (TPSA) is 32.8 Å². The van der Waals surface area contributed by atoms with Gasteiger partial charge in [-0.25, -0.2) is 0 Å². The van der Waals surface area contributed by atoms with Gasteiger partial charge in [-0.05, 0) is 19.3 Å². The average Bonchev–Trinajstić information content (AvgIpc) is 3.04. The van der Waals surface area contributed by atoms with Gasteiger partial charge in [-0.1, -0.05) is 47.1 Å². The molecule has 0 saturated carbocycles. The van der Waals surface area contributed by atoms with E-state index in [2.05, 4.69) is 28.3 Å². The van der Waals surface area contributed by atoms with E-state index in [1.807, 2.05) is 15.7 Å². The second-order valence-corrected chi connectivity index (χ2v) is 9.07. The van der Waals surface area contributed by atoms with E-state index in [1.165, 1.54) is 31.4 Å². The molecule has 22 heavy (non-hydrogen) atoms. The molecule has 2 heterocycles. The van der Waals surface area contributed by atoms with Crippen LogP contribution in [-0.4, -0.2) is 72.0 Å². The van der Waals surface area contributed by atoms with E-state index in [-0.39, 0.29) is 5.24 Å². The van der Waals surface area contributed by atoms with Crippen LogP contribution in [0.4, 0.5) is 4.79 Å². The molecule has 0 spiro atoms. The fraction of sp³-hybridized carbons (Fsp3) is 0.933. The number of nitrogens with zero attached hydrogens (tertiary/aromatic N) is 2. The Morgan fingerprint density at radius 3 is 2.73 bits per heavy atom. The van der Waals surface area contributed by atoms with Crippen molar-refractivity contribution in [2.24, 2.45) is 0 Å². The van der Waals surface area contributed by atoms with Gasteiger partial charge < -0.3 is 9.64 Å². The van der Waals surface area contributed by atoms with Crippen LogP contribution in [0.5, 0.6) is 0 Å². The van der Waals surface area contributed by atoms with Crippen molar-refractivity contribution < 1.29 is 9.53 Å². The lowest BCUT2D eigenvalue weighted by Gasteiger charge is -2.29. The van der Waals surface area contributed by atoms with Crippen molar-refractivity contribution in [2.75, 3.05) is 51.7 Å². The monoisotopic (exact) mass is 364 g/mol. The number of hydrogen-bond acceptors (Lipinski definition) is 5. The summed E-state index contributed by atoms with van der Waals surface area (Å²) in [7, 11) is 4.07. The molecule has 1 atom stereocenters. The zero-order chi connectivity index (χ0) is 15.6. The zero-order valence-electron chi connectivity index (χ0n) is 13.2. The highest BCUT2D eigenvalue weighted by Gasteiger charge is 2.16. The van der Waals surface area contributed by atoms with Crippen molar-refractivity contribution in [3.05, 3.63) is 0 Å². The van der Waals surface area contributed by atoms with Crippen LogP contribution < -0.4 is 0 Å². The quantitative estimate of drug-likeness (QED) is 0.385. The molecule has 1 amide bonds. The predicted molar refractivity (Wildman–Crippen MR) is 100 cm³/mol. The summed E-state index contributed by atoms with van der Waals surface area (Å²) in [6.07, 6.45) is 6.31. The first-order valence-corrected chi connectivity index (χ1v) is 11.1. The maximum Gasteiger partial charge on any atom is 0.278 e. The molecule has 2 saturated heterocycles. The number of hydrogen-bond donors (Lipinski definition) is 1. The summed E-state index contributed by atoms with van der Waals surface area (Å²) >= 11 is 4.02. The number of rotatable bonds is 9. The van der Waals surface area contributed by atoms with Crippen LogP contribution in [0.15, 0.2) is 0 Å². The Morgan fingerprint density at radius 2 is 2.05 bits per heavy atom. The Labute approximate surface area is 147 Å². The Hall–Kier alpha value is 0.440. The van der Waals surface area contributed by atoms with E-state index in [0.717, 1.165) is 57.6 Å². The van der Waals surface area contributed by atoms with Crippen LogP contribution in [0.25, 0.3) is 0 Å². The third kappa shape index (κ3) is 7.34. The molecule has 7 heteroatoms. The Bertz CT molecular complexity index is 322. The highest BCUT2D eigenvalue weighted by atomic mass is 33.1. The lowest BCUT2D eigenvalue weighted by atomic mass is 10.1. The minimum atomic E-state index is -0.0870. The van der Waals surface area contributed by atoms with E-state index < -0.39 is 0 Å². The van der Waals surface area contributed by atoms with E-state index >= 15 is 0 Å². The molecule has 2 fully saturated rings. The van der Waals surface area contributed by atoms with Gasteiger partial charge in [0.25, 0.3) is 5.24 Å². The van der Waals surface area contributed by atoms with Gasteiger partial charge in [0.2, 0.25) is 0 Å². The minimum absolute atomic E-state index is 0.0870. The Kier molecular flexibility index (Phi) is 9.45. The van der Waals surface area contributed by atoms with Gasteiger partial charge in [0.1, 0.15) is 0 Å². The number of ether oxygens (including phenoxy) is 1. The summed E-state index contributed by atoms with van der Waals surface area (Å²) in [6.45, 7) is 6.15. The molecule has 0 unspecified atom stereocenters. The number of thiol groups is 1. The standard InChI is InChI=1S/C15H28N2O2S3/c18-15(20)17(8-7-16-9-11-19-12-10-16)6-3-1-2-4-14-5-13-21-22-14/h14H,1-13H2,(H,18,20)/t14-/m0/s1. The SMILES string of the molecule is O=C(S)N(CCCCC[C@H]1CCSS1)CCN1CCOCC1. The third-order valence-electron chi connectivity index (χ3n) is 4.24. The van der Waals surface area contributed by atoms with Crippen LogP contribution in [0.2, 0.25) is 0 Å². The van der Waals surface area contributed by atoms with Gasteiger partial charge in [-0.2, -0.15) is 0 Å². The molecule has 2 rings (SSSR count). The van der Waals surface area contributed by atoms with Crippen molar-refractivity contribution in [3.63, 3.8) is 0 Å². The molecule has 0 bridgehead atoms. The Balaban J connectivity index is 1.54. The van der Waals surface area contributed by atoms with Crippen LogP contribution in [0.1, 0.15) is 32.1 Å². The van der Waals surface area contributed by atoms with Gasteiger partial charge >= 0.3 is 0 Å². The average molecular weight is 365 g/mol. The number of amides is 1. The number of morpholine rings is 1. The first kappa shape index (κ1) is 18.8. The smallest absolute Gasteiger partial charge is 0.278 e. The third-order valence-corrected chi connectivity index (χ3v) is 7.53. The molecule has 0 N–H and O–H groups in total. The number of carbonyl (C=O) groups excluding carboxylic acids is 1. The Morgan fingerprint density at radius 1 is 1.23 bits per heavy atom. The molecular weight excluding hydrogens is 336 g/mol. The fourth-order valence-corrected chi connectivity index (χ4v) is 6.03. The van der Waals surface area contributed by atoms with E-state index in [4.69, 9.17) is 4.74 Å². The first-order valence-electron chi connectivity index (χ1n) is 8.32. The second kappa shape index (κ2) is 11.1. The molecule has 0 aromatic heterocycles. The van der Waals surface area contributed by atoms with Crippen LogP contribution in [0.3, 0.4) is 0 Å². The lowest BCUT2D eigenvalue weighted by Crippen LogP contribution is -2.42. The molecule has 128 valence electrons.